The van der Waals surface area contributed by atoms with Gasteiger partial charge in [0, 0.05) is 25.6 Å². The van der Waals surface area contributed by atoms with Gasteiger partial charge in [0.15, 0.2) is 5.69 Å². The molecular formula is C27H29FN4O3. The van der Waals surface area contributed by atoms with E-state index >= 15 is 0 Å². The number of amides is 2. The Morgan fingerprint density at radius 3 is 2.51 bits per heavy atom. The van der Waals surface area contributed by atoms with Gasteiger partial charge in [-0.1, -0.05) is 42.0 Å². The number of rotatable bonds is 5. The van der Waals surface area contributed by atoms with Crippen LogP contribution in [0.3, 0.4) is 0 Å². The first kappa shape index (κ1) is 23.2. The first-order chi connectivity index (χ1) is 17.0. The largest absolute Gasteiger partial charge is 0.365 e. The van der Waals surface area contributed by atoms with Gasteiger partial charge in [-0.15, -0.1) is 0 Å². The van der Waals surface area contributed by atoms with Gasteiger partial charge in [0.05, 0.1) is 25.2 Å². The summed E-state index contributed by atoms with van der Waals surface area (Å²) in [6, 6.07) is 14.4. The van der Waals surface area contributed by atoms with Gasteiger partial charge in [0.25, 0.3) is 5.91 Å². The quantitative estimate of drug-likeness (QED) is 0.608. The Morgan fingerprint density at radius 1 is 1.09 bits per heavy atom. The highest BCUT2D eigenvalue weighted by Gasteiger charge is 2.32. The second-order valence-corrected chi connectivity index (χ2v) is 9.31. The number of likely N-dealkylation sites (tertiary alicyclic amines) is 1. The molecule has 2 amide bonds. The van der Waals surface area contributed by atoms with Crippen LogP contribution in [0.5, 0.6) is 0 Å². The van der Waals surface area contributed by atoms with Crippen molar-refractivity contribution in [3.63, 3.8) is 0 Å². The standard InChI is InChI=1S/C27H29FN4O3/c1-18-2-6-20(7-3-18)24-15-32-17-30-25(23(32)16-35-24)27(34)31-12-10-21(11-13-31)26(33)29-14-19-4-8-22(28)9-5-19/h2-9,17,21,24H,10-16H2,1H3,(H,29,33)/t24-/m0/s1. The summed E-state index contributed by atoms with van der Waals surface area (Å²) in [4.78, 5) is 32.0. The fourth-order valence-corrected chi connectivity index (χ4v) is 4.72. The number of benzene rings is 2. The Morgan fingerprint density at radius 2 is 1.80 bits per heavy atom. The van der Waals surface area contributed by atoms with Crippen molar-refractivity contribution in [2.75, 3.05) is 13.1 Å². The molecule has 3 heterocycles. The van der Waals surface area contributed by atoms with Crippen molar-refractivity contribution in [3.05, 3.63) is 88.8 Å². The van der Waals surface area contributed by atoms with Crippen molar-refractivity contribution in [2.24, 2.45) is 5.92 Å². The lowest BCUT2D eigenvalue weighted by Crippen LogP contribution is -2.43. The van der Waals surface area contributed by atoms with Crippen molar-refractivity contribution in [1.82, 2.24) is 19.8 Å². The number of halogens is 1. The number of hydrogen-bond donors (Lipinski definition) is 1. The molecule has 7 nitrogen and oxygen atoms in total. The minimum absolute atomic E-state index is 0.0312. The fraction of sp³-hybridized carbons (Fsp3) is 0.370. The second-order valence-electron chi connectivity index (χ2n) is 9.31. The molecule has 1 atom stereocenters. The van der Waals surface area contributed by atoms with Crippen LogP contribution in [0.1, 0.15) is 51.8 Å². The molecule has 2 aromatic carbocycles. The third kappa shape index (κ3) is 5.12. The van der Waals surface area contributed by atoms with Crippen LogP contribution >= 0.6 is 0 Å². The normalized spacial score (nSPS) is 18.2. The molecule has 2 aliphatic rings. The van der Waals surface area contributed by atoms with Crippen molar-refractivity contribution >= 4 is 11.8 Å². The van der Waals surface area contributed by atoms with Gasteiger partial charge < -0.3 is 19.5 Å². The van der Waals surface area contributed by atoms with Crippen LogP contribution in [-0.4, -0.2) is 39.4 Å². The van der Waals surface area contributed by atoms with Crippen LogP contribution in [0, 0.1) is 18.7 Å². The Kier molecular flexibility index (Phi) is 6.63. The molecule has 1 saturated heterocycles. The molecule has 182 valence electrons. The third-order valence-electron chi connectivity index (χ3n) is 6.91. The van der Waals surface area contributed by atoms with E-state index in [4.69, 9.17) is 4.74 Å². The molecule has 1 N–H and O–H groups in total. The van der Waals surface area contributed by atoms with Crippen molar-refractivity contribution in [2.45, 2.75) is 45.6 Å². The van der Waals surface area contributed by atoms with E-state index in [0.717, 1.165) is 16.8 Å². The maximum atomic E-state index is 13.2. The van der Waals surface area contributed by atoms with E-state index < -0.39 is 0 Å². The minimum Gasteiger partial charge on any atom is -0.365 e. The number of hydrogen-bond acceptors (Lipinski definition) is 4. The van der Waals surface area contributed by atoms with E-state index in [1.54, 1.807) is 23.4 Å². The summed E-state index contributed by atoms with van der Waals surface area (Å²) in [5.74, 6) is -0.583. The van der Waals surface area contributed by atoms with Crippen LogP contribution in [-0.2, 0) is 29.2 Å². The number of piperidine rings is 1. The molecule has 0 radical (unpaired) electrons. The zero-order valence-corrected chi connectivity index (χ0v) is 19.7. The van der Waals surface area contributed by atoms with Gasteiger partial charge in [-0.2, -0.15) is 0 Å². The van der Waals surface area contributed by atoms with Crippen LogP contribution in [0.2, 0.25) is 0 Å². The number of carbonyl (C=O) groups excluding carboxylic acids is 2. The maximum absolute atomic E-state index is 13.2. The number of imidazole rings is 1. The monoisotopic (exact) mass is 476 g/mol. The fourth-order valence-electron chi connectivity index (χ4n) is 4.72. The van der Waals surface area contributed by atoms with Crippen molar-refractivity contribution in [1.29, 1.82) is 0 Å². The van der Waals surface area contributed by atoms with Crippen LogP contribution < -0.4 is 5.32 Å². The molecule has 35 heavy (non-hydrogen) atoms. The lowest BCUT2D eigenvalue weighted by atomic mass is 9.95. The summed E-state index contributed by atoms with van der Waals surface area (Å²) in [5, 5.41) is 2.92. The Bertz CT molecular complexity index is 1200. The van der Waals surface area contributed by atoms with E-state index in [9.17, 15) is 14.0 Å². The predicted octanol–water partition coefficient (Wildman–Crippen LogP) is 3.77. The zero-order chi connectivity index (χ0) is 24.4. The summed E-state index contributed by atoms with van der Waals surface area (Å²) in [7, 11) is 0. The summed E-state index contributed by atoms with van der Waals surface area (Å²) in [5.41, 5.74) is 4.41. The van der Waals surface area contributed by atoms with E-state index in [-0.39, 0.29) is 29.7 Å². The first-order valence-corrected chi connectivity index (χ1v) is 12.0. The van der Waals surface area contributed by atoms with E-state index in [1.165, 1.54) is 17.7 Å². The minimum atomic E-state index is -0.297. The molecule has 0 bridgehead atoms. The topological polar surface area (TPSA) is 76.5 Å². The number of ether oxygens (including phenoxy) is 1. The maximum Gasteiger partial charge on any atom is 0.274 e. The molecule has 3 aromatic rings. The Hall–Kier alpha value is -3.52. The SMILES string of the molecule is Cc1ccc([C@@H]2Cn3cnc(C(=O)N4CCC(C(=O)NCc5ccc(F)cc5)CC4)c3CO2)cc1. The molecule has 0 saturated carbocycles. The summed E-state index contributed by atoms with van der Waals surface area (Å²) in [6.45, 7) is 4.39. The number of fused-ring (bicyclic) bond motifs is 1. The highest BCUT2D eigenvalue weighted by atomic mass is 19.1. The number of nitrogens with zero attached hydrogens (tertiary/aromatic N) is 3. The number of nitrogens with one attached hydrogen (secondary N) is 1. The van der Waals surface area contributed by atoms with E-state index in [1.807, 2.05) is 4.57 Å². The molecule has 0 unspecified atom stereocenters. The number of aromatic nitrogens is 2. The van der Waals surface area contributed by atoms with Gasteiger partial charge in [-0.05, 0) is 43.0 Å². The summed E-state index contributed by atoms with van der Waals surface area (Å²) >= 11 is 0. The van der Waals surface area contributed by atoms with E-state index in [0.29, 0.717) is 51.3 Å². The molecule has 5 rings (SSSR count). The summed E-state index contributed by atoms with van der Waals surface area (Å²) < 4.78 is 21.1. The molecule has 0 aliphatic carbocycles. The van der Waals surface area contributed by atoms with Crippen molar-refractivity contribution < 1.29 is 18.7 Å². The molecular weight excluding hydrogens is 447 g/mol. The highest BCUT2D eigenvalue weighted by molar-refractivity contribution is 5.93. The van der Waals surface area contributed by atoms with Crippen LogP contribution in [0.25, 0.3) is 0 Å². The van der Waals surface area contributed by atoms with Crippen LogP contribution in [0.15, 0.2) is 54.9 Å². The molecule has 2 aliphatic heterocycles. The number of carbonyl (C=O) groups is 2. The molecule has 8 heteroatoms. The first-order valence-electron chi connectivity index (χ1n) is 12.0. The summed E-state index contributed by atoms with van der Waals surface area (Å²) in [6.07, 6.45) is 2.86. The van der Waals surface area contributed by atoms with Gasteiger partial charge in [-0.3, -0.25) is 9.59 Å². The van der Waals surface area contributed by atoms with E-state index in [2.05, 4.69) is 41.5 Å². The third-order valence-corrected chi connectivity index (χ3v) is 6.91. The predicted molar refractivity (Wildman–Crippen MR) is 128 cm³/mol. The molecule has 0 spiro atoms. The number of aryl methyl sites for hydroxylation is 1. The average molecular weight is 477 g/mol. The smallest absolute Gasteiger partial charge is 0.274 e. The average Bonchev–Trinajstić information content (AvgIpc) is 3.31. The molecule has 1 fully saturated rings. The zero-order valence-electron chi connectivity index (χ0n) is 19.7. The second kappa shape index (κ2) is 10.00. The molecule has 1 aromatic heterocycles. The van der Waals surface area contributed by atoms with Gasteiger partial charge in [-0.25, -0.2) is 9.37 Å². The van der Waals surface area contributed by atoms with Crippen molar-refractivity contribution in [3.8, 4) is 0 Å². The Balaban J connectivity index is 1.15. The lowest BCUT2D eigenvalue weighted by molar-refractivity contribution is -0.126. The Labute approximate surface area is 203 Å². The van der Waals surface area contributed by atoms with Crippen LogP contribution in [0.4, 0.5) is 4.39 Å². The highest BCUT2D eigenvalue weighted by Crippen LogP contribution is 2.29. The van der Waals surface area contributed by atoms with Gasteiger partial charge in [0.1, 0.15) is 11.9 Å². The van der Waals surface area contributed by atoms with Gasteiger partial charge >= 0.3 is 0 Å². The van der Waals surface area contributed by atoms with Gasteiger partial charge in [0.2, 0.25) is 5.91 Å². The lowest BCUT2D eigenvalue weighted by Gasteiger charge is -2.31.